The Morgan fingerprint density at radius 3 is 2.62 bits per heavy atom. The third-order valence-electron chi connectivity index (χ3n) is 4.97. The number of piperidine rings is 1. The van der Waals surface area contributed by atoms with Crippen LogP contribution in [0.15, 0.2) is 23.1 Å². The van der Waals surface area contributed by atoms with E-state index >= 15 is 0 Å². The van der Waals surface area contributed by atoms with Crippen molar-refractivity contribution in [1.29, 1.82) is 0 Å². The van der Waals surface area contributed by atoms with Crippen LogP contribution in [0.25, 0.3) is 0 Å². The van der Waals surface area contributed by atoms with Gasteiger partial charge in [-0.05, 0) is 69.0 Å². The molecule has 0 aromatic heterocycles. The molecule has 26 heavy (non-hydrogen) atoms. The van der Waals surface area contributed by atoms with E-state index in [-0.39, 0.29) is 24.4 Å². The number of halogens is 1. The maximum atomic E-state index is 13.3. The predicted molar refractivity (Wildman–Crippen MR) is 105 cm³/mol. The molecule has 2 N–H and O–H groups in total. The van der Waals surface area contributed by atoms with Crippen LogP contribution in [0.3, 0.4) is 0 Å². The van der Waals surface area contributed by atoms with E-state index in [1.807, 2.05) is 6.92 Å². The van der Waals surface area contributed by atoms with E-state index in [4.69, 9.17) is 0 Å². The number of sulfonamides is 1. The van der Waals surface area contributed by atoms with Gasteiger partial charge >= 0.3 is 0 Å². The molecular formula is C18H28ClN3O3S. The zero-order valence-corrected chi connectivity index (χ0v) is 16.8. The summed E-state index contributed by atoms with van der Waals surface area (Å²) in [6.07, 6.45) is 4.44. The Hall–Kier alpha value is -1.15. The second-order valence-corrected chi connectivity index (χ2v) is 8.71. The van der Waals surface area contributed by atoms with Gasteiger partial charge in [0.05, 0.1) is 4.90 Å². The van der Waals surface area contributed by atoms with Crippen molar-refractivity contribution in [1.82, 2.24) is 9.62 Å². The molecule has 1 aromatic rings. The molecule has 0 bridgehead atoms. The molecule has 2 heterocycles. The molecule has 3 rings (SSSR count). The summed E-state index contributed by atoms with van der Waals surface area (Å²) in [7, 11) is -3.53. The number of hydrogen-bond donors (Lipinski definition) is 2. The number of nitrogens with zero attached hydrogens (tertiary/aromatic N) is 1. The van der Waals surface area contributed by atoms with Gasteiger partial charge in [-0.2, -0.15) is 4.31 Å². The van der Waals surface area contributed by atoms with Crippen LogP contribution in [0.2, 0.25) is 0 Å². The van der Waals surface area contributed by atoms with Gasteiger partial charge in [-0.3, -0.25) is 4.79 Å². The molecule has 146 valence electrons. The van der Waals surface area contributed by atoms with Crippen LogP contribution in [-0.4, -0.2) is 44.3 Å². The number of aryl methyl sites for hydroxylation is 1. The van der Waals surface area contributed by atoms with Crippen LogP contribution in [0, 0.1) is 0 Å². The normalized spacial score (nSPS) is 18.6. The van der Waals surface area contributed by atoms with Crippen molar-refractivity contribution < 1.29 is 13.2 Å². The molecule has 0 radical (unpaired) electrons. The third-order valence-corrected chi connectivity index (χ3v) is 6.92. The first-order chi connectivity index (χ1) is 12.0. The Bertz CT molecular complexity index is 733. The standard InChI is InChI=1S/C18H27N3O3S.ClH/c1-2-12-21(15-8-10-19-11-9-15)25(23,24)16-6-7-17-14(13-16)4-3-5-18(22)20-17;/h6-7,13,15,19H,2-5,8-12H2,1H3,(H,20,22);1H. The highest BCUT2D eigenvalue weighted by atomic mass is 35.5. The number of carbonyl (C=O) groups is 1. The van der Waals surface area contributed by atoms with Gasteiger partial charge < -0.3 is 10.6 Å². The topological polar surface area (TPSA) is 78.5 Å². The van der Waals surface area contributed by atoms with Crippen molar-refractivity contribution in [2.45, 2.75) is 56.4 Å². The summed E-state index contributed by atoms with van der Waals surface area (Å²) >= 11 is 0. The van der Waals surface area contributed by atoms with E-state index < -0.39 is 10.0 Å². The van der Waals surface area contributed by atoms with E-state index in [0.29, 0.717) is 17.9 Å². The quantitative estimate of drug-likeness (QED) is 0.794. The maximum absolute atomic E-state index is 13.3. The Morgan fingerprint density at radius 2 is 1.92 bits per heavy atom. The number of carbonyl (C=O) groups excluding carboxylic acids is 1. The minimum absolute atomic E-state index is 0. The van der Waals surface area contributed by atoms with Gasteiger partial charge in [0.2, 0.25) is 15.9 Å². The summed E-state index contributed by atoms with van der Waals surface area (Å²) in [4.78, 5) is 12.0. The van der Waals surface area contributed by atoms with Crippen LogP contribution in [0.1, 0.15) is 44.6 Å². The van der Waals surface area contributed by atoms with Crippen LogP contribution >= 0.6 is 12.4 Å². The fourth-order valence-corrected chi connectivity index (χ4v) is 5.49. The number of amides is 1. The van der Waals surface area contributed by atoms with Crippen LogP contribution < -0.4 is 10.6 Å². The largest absolute Gasteiger partial charge is 0.326 e. The van der Waals surface area contributed by atoms with Gasteiger partial charge in [0.1, 0.15) is 0 Å². The molecule has 2 aliphatic rings. The number of nitrogens with one attached hydrogen (secondary N) is 2. The van der Waals surface area contributed by atoms with Crippen LogP contribution in [-0.2, 0) is 21.2 Å². The van der Waals surface area contributed by atoms with E-state index in [1.54, 1.807) is 22.5 Å². The lowest BCUT2D eigenvalue weighted by atomic mass is 10.1. The van der Waals surface area contributed by atoms with E-state index in [9.17, 15) is 13.2 Å². The Labute approximate surface area is 162 Å². The molecule has 1 amide bonds. The molecule has 0 saturated carbocycles. The van der Waals surface area contributed by atoms with Crippen LogP contribution in [0.5, 0.6) is 0 Å². The van der Waals surface area contributed by atoms with Crippen LogP contribution in [0.4, 0.5) is 5.69 Å². The summed E-state index contributed by atoms with van der Waals surface area (Å²) in [6.45, 7) is 4.27. The summed E-state index contributed by atoms with van der Waals surface area (Å²) in [5.41, 5.74) is 1.65. The summed E-state index contributed by atoms with van der Waals surface area (Å²) < 4.78 is 28.2. The molecule has 1 fully saturated rings. The lowest BCUT2D eigenvalue weighted by Crippen LogP contribution is -2.46. The first-order valence-corrected chi connectivity index (χ1v) is 10.6. The van der Waals surface area contributed by atoms with Crippen molar-refractivity contribution in [2.75, 3.05) is 25.0 Å². The fraction of sp³-hybridized carbons (Fsp3) is 0.611. The molecule has 0 unspecified atom stereocenters. The second kappa shape index (κ2) is 9.17. The monoisotopic (exact) mass is 401 g/mol. The van der Waals surface area contributed by atoms with Crippen molar-refractivity contribution in [3.05, 3.63) is 23.8 Å². The summed E-state index contributed by atoms with van der Waals surface area (Å²) in [6, 6.07) is 5.17. The molecule has 6 nitrogen and oxygen atoms in total. The van der Waals surface area contributed by atoms with Gasteiger partial charge in [-0.1, -0.05) is 6.92 Å². The number of anilines is 1. The Morgan fingerprint density at radius 1 is 1.19 bits per heavy atom. The molecule has 2 aliphatic heterocycles. The average Bonchev–Trinajstić information content (AvgIpc) is 2.80. The minimum atomic E-state index is -3.53. The minimum Gasteiger partial charge on any atom is -0.326 e. The van der Waals surface area contributed by atoms with Crippen molar-refractivity contribution in [3.8, 4) is 0 Å². The molecule has 8 heteroatoms. The zero-order valence-electron chi connectivity index (χ0n) is 15.2. The van der Waals surface area contributed by atoms with Crippen molar-refractivity contribution >= 4 is 34.0 Å². The fourth-order valence-electron chi connectivity index (χ4n) is 3.66. The first kappa shape index (κ1) is 21.2. The van der Waals surface area contributed by atoms with E-state index in [1.165, 1.54) is 0 Å². The van der Waals surface area contributed by atoms with Gasteiger partial charge in [0.15, 0.2) is 0 Å². The number of rotatable bonds is 5. The zero-order chi connectivity index (χ0) is 17.9. The first-order valence-electron chi connectivity index (χ1n) is 9.17. The second-order valence-electron chi connectivity index (χ2n) is 6.82. The van der Waals surface area contributed by atoms with Gasteiger partial charge in [0.25, 0.3) is 0 Å². The highest BCUT2D eigenvalue weighted by molar-refractivity contribution is 7.89. The maximum Gasteiger partial charge on any atom is 0.243 e. The molecular weight excluding hydrogens is 374 g/mol. The SMILES string of the molecule is CCCN(C1CCNCC1)S(=O)(=O)c1ccc2c(c1)CCCC(=O)N2.Cl. The number of fused-ring (bicyclic) bond motifs is 1. The molecule has 0 atom stereocenters. The molecule has 0 spiro atoms. The van der Waals surface area contributed by atoms with E-state index in [0.717, 1.165) is 56.4 Å². The van der Waals surface area contributed by atoms with E-state index in [2.05, 4.69) is 10.6 Å². The molecule has 0 aliphatic carbocycles. The Balaban J connectivity index is 0.00000243. The lowest BCUT2D eigenvalue weighted by molar-refractivity contribution is -0.116. The predicted octanol–water partition coefficient (Wildman–Crippen LogP) is 2.54. The van der Waals surface area contributed by atoms with Gasteiger partial charge in [-0.15, -0.1) is 12.4 Å². The molecule has 1 saturated heterocycles. The van der Waals surface area contributed by atoms with Gasteiger partial charge in [-0.25, -0.2) is 8.42 Å². The highest BCUT2D eigenvalue weighted by Gasteiger charge is 2.32. The average molecular weight is 402 g/mol. The summed E-state index contributed by atoms with van der Waals surface area (Å²) in [5.74, 6) is -0.00308. The van der Waals surface area contributed by atoms with Crippen molar-refractivity contribution in [3.63, 3.8) is 0 Å². The van der Waals surface area contributed by atoms with Crippen molar-refractivity contribution in [2.24, 2.45) is 0 Å². The molecule has 1 aromatic carbocycles. The lowest BCUT2D eigenvalue weighted by Gasteiger charge is -2.33. The highest BCUT2D eigenvalue weighted by Crippen LogP contribution is 2.28. The number of hydrogen-bond acceptors (Lipinski definition) is 4. The Kier molecular flexibility index (Phi) is 7.46. The third kappa shape index (κ3) is 4.57. The number of benzene rings is 1. The van der Waals surface area contributed by atoms with Gasteiger partial charge in [0, 0.05) is 24.7 Å². The summed E-state index contributed by atoms with van der Waals surface area (Å²) in [5, 5.41) is 6.16. The smallest absolute Gasteiger partial charge is 0.243 e.